The molecule has 0 saturated carbocycles. The number of hydrogen-bond donors (Lipinski definition) is 1. The highest BCUT2D eigenvalue weighted by Crippen LogP contribution is 2.17. The van der Waals surface area contributed by atoms with Crippen molar-refractivity contribution in [3.63, 3.8) is 0 Å². The molecule has 0 aliphatic carbocycles. The molecular formula is C19H23NO. The van der Waals surface area contributed by atoms with Gasteiger partial charge < -0.3 is 5.32 Å². The van der Waals surface area contributed by atoms with E-state index in [9.17, 15) is 4.79 Å². The van der Waals surface area contributed by atoms with Crippen LogP contribution in [-0.2, 0) is 17.6 Å². The Morgan fingerprint density at radius 2 is 1.52 bits per heavy atom. The Balaban J connectivity index is 1.94. The predicted octanol–water partition coefficient (Wildman–Crippen LogP) is 4.55. The summed E-state index contributed by atoms with van der Waals surface area (Å²) in [5.74, 6) is 0.531. The fourth-order valence-electron chi connectivity index (χ4n) is 2.23. The SMILES string of the molecule is CCc1ccc(CC(=O)Nc2ccc(C(C)C)cc2)cc1. The minimum Gasteiger partial charge on any atom is -0.326 e. The lowest BCUT2D eigenvalue weighted by Gasteiger charge is -2.09. The number of carbonyl (C=O) groups excluding carboxylic acids is 1. The molecule has 0 bridgehead atoms. The van der Waals surface area contributed by atoms with Gasteiger partial charge in [0.2, 0.25) is 5.91 Å². The van der Waals surface area contributed by atoms with Crippen molar-refractivity contribution >= 4 is 11.6 Å². The maximum atomic E-state index is 12.0. The quantitative estimate of drug-likeness (QED) is 0.855. The van der Waals surface area contributed by atoms with Crippen LogP contribution >= 0.6 is 0 Å². The summed E-state index contributed by atoms with van der Waals surface area (Å²) >= 11 is 0. The Labute approximate surface area is 127 Å². The molecule has 1 amide bonds. The number of rotatable bonds is 5. The van der Waals surface area contributed by atoms with E-state index in [-0.39, 0.29) is 5.91 Å². The molecule has 0 heterocycles. The Kier molecular flexibility index (Phi) is 5.15. The van der Waals surface area contributed by atoms with Gasteiger partial charge in [-0.1, -0.05) is 57.2 Å². The third kappa shape index (κ3) is 4.45. The van der Waals surface area contributed by atoms with E-state index < -0.39 is 0 Å². The second-order valence-electron chi connectivity index (χ2n) is 5.67. The minimum absolute atomic E-state index is 0.0246. The van der Waals surface area contributed by atoms with Crippen molar-refractivity contribution < 1.29 is 4.79 Å². The van der Waals surface area contributed by atoms with Crippen LogP contribution in [0.5, 0.6) is 0 Å². The van der Waals surface area contributed by atoms with Crippen molar-refractivity contribution in [2.45, 2.75) is 39.5 Å². The van der Waals surface area contributed by atoms with E-state index in [2.05, 4.69) is 50.4 Å². The van der Waals surface area contributed by atoms with Gasteiger partial charge in [-0.25, -0.2) is 0 Å². The van der Waals surface area contributed by atoms with E-state index >= 15 is 0 Å². The summed E-state index contributed by atoms with van der Waals surface area (Å²) in [6.45, 7) is 6.45. The summed E-state index contributed by atoms with van der Waals surface area (Å²) in [6, 6.07) is 16.3. The third-order valence-corrected chi connectivity index (χ3v) is 3.66. The van der Waals surface area contributed by atoms with Gasteiger partial charge in [-0.15, -0.1) is 0 Å². The van der Waals surface area contributed by atoms with Crippen LogP contribution in [0.25, 0.3) is 0 Å². The molecule has 0 aromatic heterocycles. The number of carbonyl (C=O) groups is 1. The number of nitrogens with one attached hydrogen (secondary N) is 1. The largest absolute Gasteiger partial charge is 0.326 e. The first kappa shape index (κ1) is 15.3. The van der Waals surface area contributed by atoms with Crippen LogP contribution in [0.3, 0.4) is 0 Å². The summed E-state index contributed by atoms with van der Waals surface area (Å²) < 4.78 is 0. The van der Waals surface area contributed by atoms with Gasteiger partial charge in [-0.05, 0) is 41.2 Å². The van der Waals surface area contributed by atoms with E-state index in [1.54, 1.807) is 0 Å². The van der Waals surface area contributed by atoms with Gasteiger partial charge in [-0.2, -0.15) is 0 Å². The van der Waals surface area contributed by atoms with E-state index in [0.717, 1.165) is 17.7 Å². The van der Waals surface area contributed by atoms with Crippen LogP contribution in [0, 0.1) is 0 Å². The fraction of sp³-hybridized carbons (Fsp3) is 0.316. The standard InChI is InChI=1S/C19H23NO/c1-4-15-5-7-16(8-6-15)13-19(21)20-18-11-9-17(10-12-18)14(2)3/h5-12,14H,4,13H2,1-3H3,(H,20,21). The molecule has 0 spiro atoms. The minimum atomic E-state index is 0.0246. The molecule has 0 radical (unpaired) electrons. The van der Waals surface area contributed by atoms with Crippen LogP contribution in [0.4, 0.5) is 5.69 Å². The van der Waals surface area contributed by atoms with Crippen LogP contribution in [0.2, 0.25) is 0 Å². The number of aryl methyl sites for hydroxylation is 1. The zero-order chi connectivity index (χ0) is 15.2. The zero-order valence-corrected chi connectivity index (χ0v) is 13.0. The maximum absolute atomic E-state index is 12.0. The fourth-order valence-corrected chi connectivity index (χ4v) is 2.23. The number of anilines is 1. The Hall–Kier alpha value is -2.09. The highest BCUT2D eigenvalue weighted by atomic mass is 16.1. The monoisotopic (exact) mass is 281 g/mol. The van der Waals surface area contributed by atoms with E-state index in [4.69, 9.17) is 0 Å². The van der Waals surface area contributed by atoms with Crippen LogP contribution < -0.4 is 5.32 Å². The molecule has 0 atom stereocenters. The summed E-state index contributed by atoms with van der Waals surface area (Å²) in [6.07, 6.45) is 1.44. The van der Waals surface area contributed by atoms with Gasteiger partial charge in [0.15, 0.2) is 0 Å². The number of amides is 1. The second-order valence-corrected chi connectivity index (χ2v) is 5.67. The lowest BCUT2D eigenvalue weighted by atomic mass is 10.0. The molecule has 2 rings (SSSR count). The number of hydrogen-bond acceptors (Lipinski definition) is 1. The molecule has 2 nitrogen and oxygen atoms in total. The van der Waals surface area contributed by atoms with Crippen molar-refractivity contribution in [1.29, 1.82) is 0 Å². The predicted molar refractivity (Wildman–Crippen MR) is 88.7 cm³/mol. The van der Waals surface area contributed by atoms with Crippen molar-refractivity contribution in [2.24, 2.45) is 0 Å². The molecule has 110 valence electrons. The van der Waals surface area contributed by atoms with Crippen LogP contribution in [-0.4, -0.2) is 5.91 Å². The average molecular weight is 281 g/mol. The molecule has 2 aromatic rings. The van der Waals surface area contributed by atoms with E-state index in [1.807, 2.05) is 24.3 Å². The molecule has 0 unspecified atom stereocenters. The van der Waals surface area contributed by atoms with Gasteiger partial charge in [-0.3, -0.25) is 4.79 Å². The Morgan fingerprint density at radius 1 is 0.952 bits per heavy atom. The third-order valence-electron chi connectivity index (χ3n) is 3.66. The first-order valence-corrected chi connectivity index (χ1v) is 7.56. The van der Waals surface area contributed by atoms with Gasteiger partial charge in [0.25, 0.3) is 0 Å². The van der Waals surface area contributed by atoms with Crippen LogP contribution in [0.1, 0.15) is 43.4 Å². The maximum Gasteiger partial charge on any atom is 0.228 e. The van der Waals surface area contributed by atoms with Gasteiger partial charge in [0.1, 0.15) is 0 Å². The van der Waals surface area contributed by atoms with Crippen molar-refractivity contribution in [3.05, 3.63) is 65.2 Å². The van der Waals surface area contributed by atoms with Gasteiger partial charge in [0, 0.05) is 5.69 Å². The number of benzene rings is 2. The van der Waals surface area contributed by atoms with Gasteiger partial charge in [0.05, 0.1) is 6.42 Å². The first-order valence-electron chi connectivity index (χ1n) is 7.56. The average Bonchev–Trinajstić information content (AvgIpc) is 2.48. The normalized spacial score (nSPS) is 10.7. The lowest BCUT2D eigenvalue weighted by molar-refractivity contribution is -0.115. The summed E-state index contributed by atoms with van der Waals surface area (Å²) in [4.78, 5) is 12.0. The lowest BCUT2D eigenvalue weighted by Crippen LogP contribution is -2.14. The topological polar surface area (TPSA) is 29.1 Å². The first-order chi connectivity index (χ1) is 10.1. The van der Waals surface area contributed by atoms with Gasteiger partial charge >= 0.3 is 0 Å². The summed E-state index contributed by atoms with van der Waals surface area (Å²) in [5, 5.41) is 2.95. The van der Waals surface area contributed by atoms with Crippen molar-refractivity contribution in [2.75, 3.05) is 5.32 Å². The molecule has 2 aromatic carbocycles. The smallest absolute Gasteiger partial charge is 0.228 e. The molecule has 0 fully saturated rings. The van der Waals surface area contributed by atoms with E-state index in [1.165, 1.54) is 11.1 Å². The van der Waals surface area contributed by atoms with E-state index in [0.29, 0.717) is 12.3 Å². The Morgan fingerprint density at radius 3 is 2.05 bits per heavy atom. The highest BCUT2D eigenvalue weighted by molar-refractivity contribution is 5.92. The summed E-state index contributed by atoms with van der Waals surface area (Å²) in [7, 11) is 0. The molecule has 2 heteroatoms. The molecule has 0 aliphatic heterocycles. The zero-order valence-electron chi connectivity index (χ0n) is 13.0. The van der Waals surface area contributed by atoms with Crippen LogP contribution in [0.15, 0.2) is 48.5 Å². The summed E-state index contributed by atoms with van der Waals surface area (Å²) in [5.41, 5.74) is 4.48. The van der Waals surface area contributed by atoms with Crippen molar-refractivity contribution in [3.8, 4) is 0 Å². The molecule has 1 N–H and O–H groups in total. The highest BCUT2D eigenvalue weighted by Gasteiger charge is 2.05. The molecule has 0 aliphatic rings. The second kappa shape index (κ2) is 7.07. The Bertz CT molecular complexity index is 582. The van der Waals surface area contributed by atoms with Crippen molar-refractivity contribution in [1.82, 2.24) is 0 Å². The molecule has 0 saturated heterocycles. The molecule has 21 heavy (non-hydrogen) atoms. The molecular weight excluding hydrogens is 258 g/mol.